The van der Waals surface area contributed by atoms with Crippen LogP contribution in [-0.2, 0) is 10.2 Å². The lowest BCUT2D eigenvalue weighted by Gasteiger charge is -2.43. The third-order valence-corrected chi connectivity index (χ3v) is 7.59. The van der Waals surface area contributed by atoms with Crippen LogP contribution in [-0.4, -0.2) is 16.8 Å². The van der Waals surface area contributed by atoms with Crippen LogP contribution in [0.25, 0.3) is 0 Å². The molecule has 2 unspecified atom stereocenters. The van der Waals surface area contributed by atoms with Gasteiger partial charge in [0.1, 0.15) is 0 Å². The molecule has 3 rings (SSSR count). The number of unbranched alkanes of at least 4 members (excludes halogenated alkanes) is 3. The highest BCUT2D eigenvalue weighted by Gasteiger charge is 2.40. The van der Waals surface area contributed by atoms with Crippen molar-refractivity contribution >= 4 is 17.7 Å². The zero-order chi connectivity index (χ0) is 20.1. The second-order valence-electron chi connectivity index (χ2n) is 8.51. The normalized spacial score (nSPS) is 21.3. The summed E-state index contributed by atoms with van der Waals surface area (Å²) in [5.74, 6) is 0.933. The van der Waals surface area contributed by atoms with Gasteiger partial charge in [0.25, 0.3) is 0 Å². The molecule has 0 amide bonds. The predicted octanol–water partition coefficient (Wildman–Crippen LogP) is 6.88. The highest BCUT2D eigenvalue weighted by Crippen LogP contribution is 2.52. The first-order valence-electron chi connectivity index (χ1n) is 10.4. The van der Waals surface area contributed by atoms with Gasteiger partial charge in [0.15, 0.2) is 0 Å². The van der Waals surface area contributed by atoms with E-state index < -0.39 is 5.97 Å². The topological polar surface area (TPSA) is 37.3 Å². The molecule has 0 bridgehead atoms. The maximum atomic E-state index is 10.7. The molecule has 1 aliphatic heterocycles. The molecule has 0 saturated carbocycles. The fourth-order valence-electron chi connectivity index (χ4n) is 4.40. The molecule has 0 aromatic heterocycles. The van der Waals surface area contributed by atoms with Gasteiger partial charge in [0.05, 0.1) is 0 Å². The minimum atomic E-state index is -0.680. The minimum Gasteiger partial charge on any atom is -0.481 e. The number of thioether (sulfide) groups is 1. The van der Waals surface area contributed by atoms with Crippen LogP contribution in [0.1, 0.15) is 73.6 Å². The molecule has 0 saturated heterocycles. The Morgan fingerprint density at radius 1 is 1.04 bits per heavy atom. The van der Waals surface area contributed by atoms with Crippen LogP contribution in [0.2, 0.25) is 0 Å². The number of fused-ring (bicyclic) bond motifs is 1. The Morgan fingerprint density at radius 2 is 1.71 bits per heavy atom. The minimum absolute atomic E-state index is 0.127. The van der Waals surface area contributed by atoms with Crippen molar-refractivity contribution in [2.45, 2.75) is 75.5 Å². The SMILES string of the molecule is Cc1ccc(C2(C)CSc3cc(C)ccc3C2CCCCCCC(=O)O)cc1. The average molecular weight is 397 g/mol. The number of aliphatic carboxylic acids is 1. The third kappa shape index (κ3) is 4.81. The highest BCUT2D eigenvalue weighted by atomic mass is 32.2. The maximum absolute atomic E-state index is 10.7. The fraction of sp³-hybridized carbons (Fsp3) is 0.480. The molecule has 2 aromatic rings. The van der Waals surface area contributed by atoms with Crippen LogP contribution in [0.4, 0.5) is 0 Å². The van der Waals surface area contributed by atoms with E-state index >= 15 is 0 Å². The van der Waals surface area contributed by atoms with Crippen LogP contribution < -0.4 is 0 Å². The van der Waals surface area contributed by atoms with Gasteiger partial charge < -0.3 is 5.11 Å². The Labute approximate surface area is 173 Å². The van der Waals surface area contributed by atoms with Gasteiger partial charge in [-0.15, -0.1) is 11.8 Å². The molecule has 0 radical (unpaired) electrons. The van der Waals surface area contributed by atoms with E-state index in [0.717, 1.165) is 37.9 Å². The molecule has 2 aromatic carbocycles. The molecule has 150 valence electrons. The van der Waals surface area contributed by atoms with E-state index in [1.54, 1.807) is 0 Å². The molecule has 0 fully saturated rings. The number of carboxylic acids is 1. The number of benzene rings is 2. The van der Waals surface area contributed by atoms with Gasteiger partial charge in [-0.25, -0.2) is 0 Å². The summed E-state index contributed by atoms with van der Waals surface area (Å²) in [5.41, 5.74) is 5.70. The van der Waals surface area contributed by atoms with Crippen molar-refractivity contribution in [1.29, 1.82) is 0 Å². The van der Waals surface area contributed by atoms with E-state index in [9.17, 15) is 4.79 Å². The van der Waals surface area contributed by atoms with Crippen molar-refractivity contribution < 1.29 is 9.90 Å². The zero-order valence-electron chi connectivity index (χ0n) is 17.3. The maximum Gasteiger partial charge on any atom is 0.303 e. The Morgan fingerprint density at radius 3 is 2.43 bits per heavy atom. The first-order chi connectivity index (χ1) is 13.4. The van der Waals surface area contributed by atoms with Crippen molar-refractivity contribution in [2.24, 2.45) is 0 Å². The van der Waals surface area contributed by atoms with Crippen LogP contribution in [0, 0.1) is 13.8 Å². The quantitative estimate of drug-likeness (QED) is 0.494. The summed E-state index contributed by atoms with van der Waals surface area (Å²) in [5, 5.41) is 8.82. The summed E-state index contributed by atoms with van der Waals surface area (Å²) in [6.45, 7) is 6.75. The summed E-state index contributed by atoms with van der Waals surface area (Å²) in [6, 6.07) is 16.0. The van der Waals surface area contributed by atoms with E-state index in [4.69, 9.17) is 5.11 Å². The summed E-state index contributed by atoms with van der Waals surface area (Å²) in [6.07, 6.45) is 5.53. The van der Waals surface area contributed by atoms with E-state index in [2.05, 4.69) is 63.2 Å². The molecule has 1 heterocycles. The third-order valence-electron chi connectivity index (χ3n) is 6.19. The molecule has 2 atom stereocenters. The van der Waals surface area contributed by atoms with E-state index in [-0.39, 0.29) is 5.41 Å². The molecule has 0 aliphatic carbocycles. The summed E-state index contributed by atoms with van der Waals surface area (Å²) < 4.78 is 0. The smallest absolute Gasteiger partial charge is 0.303 e. The lowest BCUT2D eigenvalue weighted by molar-refractivity contribution is -0.137. The zero-order valence-corrected chi connectivity index (χ0v) is 18.1. The molecule has 0 spiro atoms. The van der Waals surface area contributed by atoms with Gasteiger partial charge >= 0.3 is 5.97 Å². The van der Waals surface area contributed by atoms with Crippen LogP contribution in [0.5, 0.6) is 0 Å². The number of carboxylic acid groups (broad SMARTS) is 1. The first-order valence-corrected chi connectivity index (χ1v) is 11.4. The van der Waals surface area contributed by atoms with E-state index in [1.807, 2.05) is 11.8 Å². The van der Waals surface area contributed by atoms with Gasteiger partial charge in [0, 0.05) is 22.5 Å². The Balaban J connectivity index is 1.79. The lowest BCUT2D eigenvalue weighted by atomic mass is 9.67. The first kappa shape index (κ1) is 21.0. The van der Waals surface area contributed by atoms with Gasteiger partial charge in [-0.2, -0.15) is 0 Å². The van der Waals surface area contributed by atoms with Crippen molar-refractivity contribution in [1.82, 2.24) is 0 Å². The van der Waals surface area contributed by atoms with Gasteiger partial charge in [-0.3, -0.25) is 4.79 Å². The number of hydrogen-bond donors (Lipinski definition) is 1. The van der Waals surface area contributed by atoms with Crippen LogP contribution in [0.3, 0.4) is 0 Å². The summed E-state index contributed by atoms with van der Waals surface area (Å²) in [7, 11) is 0. The summed E-state index contributed by atoms with van der Waals surface area (Å²) in [4.78, 5) is 12.2. The molecular formula is C25H32O2S. The van der Waals surface area contributed by atoms with E-state index in [0.29, 0.717) is 12.3 Å². The number of hydrogen-bond acceptors (Lipinski definition) is 2. The average Bonchev–Trinajstić information content (AvgIpc) is 2.66. The number of aryl methyl sites for hydroxylation is 2. The van der Waals surface area contributed by atoms with Gasteiger partial charge in [-0.05, 0) is 49.8 Å². The van der Waals surface area contributed by atoms with E-state index in [1.165, 1.54) is 27.1 Å². The molecule has 2 nitrogen and oxygen atoms in total. The molecule has 1 N–H and O–H groups in total. The van der Waals surface area contributed by atoms with Crippen LogP contribution in [0.15, 0.2) is 47.4 Å². The Kier molecular flexibility index (Phi) is 6.87. The predicted molar refractivity (Wildman–Crippen MR) is 119 cm³/mol. The Bertz CT molecular complexity index is 812. The molecular weight excluding hydrogens is 364 g/mol. The van der Waals surface area contributed by atoms with Crippen LogP contribution >= 0.6 is 11.8 Å². The summed E-state index contributed by atoms with van der Waals surface area (Å²) >= 11 is 2.00. The standard InChI is InChI=1S/C25H32O2S/c1-18-10-13-20(14-11-18)25(3)17-28-23-16-19(2)12-15-21(23)22(25)8-6-4-5-7-9-24(26)27/h10-16,22H,4-9,17H2,1-3H3,(H,26,27). The second-order valence-corrected chi connectivity index (χ2v) is 9.53. The van der Waals surface area contributed by atoms with Crippen molar-refractivity contribution in [2.75, 3.05) is 5.75 Å². The lowest BCUT2D eigenvalue weighted by Crippen LogP contribution is -2.36. The van der Waals surface area contributed by atoms with Crippen molar-refractivity contribution in [3.05, 3.63) is 64.7 Å². The number of rotatable bonds is 8. The van der Waals surface area contributed by atoms with Gasteiger partial charge in [0.2, 0.25) is 0 Å². The van der Waals surface area contributed by atoms with Gasteiger partial charge in [-0.1, -0.05) is 73.7 Å². The largest absolute Gasteiger partial charge is 0.481 e. The second kappa shape index (κ2) is 9.17. The molecule has 1 aliphatic rings. The monoisotopic (exact) mass is 396 g/mol. The fourth-order valence-corrected chi connectivity index (χ4v) is 5.87. The molecule has 28 heavy (non-hydrogen) atoms. The van der Waals surface area contributed by atoms with Crippen molar-refractivity contribution in [3.63, 3.8) is 0 Å². The Hall–Kier alpha value is -1.74. The van der Waals surface area contributed by atoms with Crippen molar-refractivity contribution in [3.8, 4) is 0 Å². The highest BCUT2D eigenvalue weighted by molar-refractivity contribution is 7.99. The molecule has 3 heteroatoms. The number of carbonyl (C=O) groups is 1.